The molecule has 0 aliphatic carbocycles. The number of hydrogen-bond acceptors (Lipinski definition) is 5. The van der Waals surface area contributed by atoms with Gasteiger partial charge in [-0.1, -0.05) is 6.07 Å². The molecule has 1 aromatic rings. The fraction of sp³-hybridized carbons (Fsp3) is 0.667. The van der Waals surface area contributed by atoms with Crippen LogP contribution in [0.5, 0.6) is 0 Å². The molecule has 0 spiro atoms. The van der Waals surface area contributed by atoms with Crippen molar-refractivity contribution in [3.63, 3.8) is 0 Å². The van der Waals surface area contributed by atoms with Crippen LogP contribution in [-0.4, -0.2) is 75.2 Å². The van der Waals surface area contributed by atoms with Crippen molar-refractivity contribution < 1.29 is 9.53 Å². The summed E-state index contributed by atoms with van der Waals surface area (Å²) in [6.07, 6.45) is 1.11. The van der Waals surface area contributed by atoms with Gasteiger partial charge in [-0.3, -0.25) is 9.69 Å². The Morgan fingerprint density at radius 1 is 1.57 bits per heavy atom. The Morgan fingerprint density at radius 2 is 2.43 bits per heavy atom. The second-order valence-corrected chi connectivity index (χ2v) is 6.70. The maximum absolute atomic E-state index is 12.0. The molecule has 1 fully saturated rings. The lowest BCUT2D eigenvalue weighted by Crippen LogP contribution is -2.49. The Hall–Kier alpha value is -0.950. The van der Waals surface area contributed by atoms with Crippen LogP contribution in [0.25, 0.3) is 0 Å². The summed E-state index contributed by atoms with van der Waals surface area (Å²) in [5, 5.41) is 5.06. The molecular weight excluding hydrogens is 286 g/mol. The van der Waals surface area contributed by atoms with E-state index >= 15 is 0 Å². The molecule has 1 saturated heterocycles. The molecule has 0 aromatic carbocycles. The number of rotatable bonds is 7. The van der Waals surface area contributed by atoms with E-state index in [1.807, 2.05) is 20.2 Å². The van der Waals surface area contributed by atoms with Gasteiger partial charge in [-0.15, -0.1) is 11.3 Å². The van der Waals surface area contributed by atoms with Gasteiger partial charge in [0.05, 0.1) is 19.3 Å². The van der Waals surface area contributed by atoms with Crippen molar-refractivity contribution in [1.82, 2.24) is 15.1 Å². The standard InChI is InChI=1S/C15H25N3O2S/c1-17(2)10-13-11-18(7-8-20-13)12-15(19)16-6-5-14-4-3-9-21-14/h3-4,9,13H,5-8,10-12H2,1-2H3,(H,16,19)/t13-/m1/s1. The Kier molecular flexibility index (Phi) is 6.63. The molecule has 2 heterocycles. The van der Waals surface area contributed by atoms with E-state index in [0.717, 1.165) is 26.1 Å². The molecule has 1 atom stereocenters. The van der Waals surface area contributed by atoms with E-state index in [0.29, 0.717) is 19.7 Å². The quantitative estimate of drug-likeness (QED) is 0.804. The highest BCUT2D eigenvalue weighted by Crippen LogP contribution is 2.08. The van der Waals surface area contributed by atoms with Gasteiger partial charge < -0.3 is 15.0 Å². The van der Waals surface area contributed by atoms with Crippen molar-refractivity contribution in [3.05, 3.63) is 22.4 Å². The van der Waals surface area contributed by atoms with Crippen LogP contribution in [0.2, 0.25) is 0 Å². The zero-order chi connectivity index (χ0) is 15.1. The first kappa shape index (κ1) is 16.4. The van der Waals surface area contributed by atoms with E-state index in [1.165, 1.54) is 4.88 Å². The zero-order valence-corrected chi connectivity index (χ0v) is 13.7. The maximum atomic E-state index is 12.0. The summed E-state index contributed by atoms with van der Waals surface area (Å²) in [5.41, 5.74) is 0. The predicted molar refractivity (Wildman–Crippen MR) is 85.8 cm³/mol. The van der Waals surface area contributed by atoms with Gasteiger partial charge >= 0.3 is 0 Å². The van der Waals surface area contributed by atoms with Crippen molar-refractivity contribution in [1.29, 1.82) is 0 Å². The van der Waals surface area contributed by atoms with Crippen LogP contribution >= 0.6 is 11.3 Å². The van der Waals surface area contributed by atoms with E-state index in [1.54, 1.807) is 11.3 Å². The van der Waals surface area contributed by atoms with Crippen LogP contribution in [0, 0.1) is 0 Å². The largest absolute Gasteiger partial charge is 0.374 e. The highest BCUT2D eigenvalue weighted by atomic mass is 32.1. The highest BCUT2D eigenvalue weighted by Gasteiger charge is 2.22. The molecule has 1 aromatic heterocycles. The van der Waals surface area contributed by atoms with Crippen LogP contribution in [-0.2, 0) is 16.0 Å². The Morgan fingerprint density at radius 3 is 3.14 bits per heavy atom. The first-order valence-electron chi connectivity index (χ1n) is 7.41. The number of ether oxygens (including phenoxy) is 1. The molecule has 6 heteroatoms. The van der Waals surface area contributed by atoms with E-state index in [9.17, 15) is 4.79 Å². The minimum Gasteiger partial charge on any atom is -0.374 e. The summed E-state index contributed by atoms with van der Waals surface area (Å²) < 4.78 is 5.72. The lowest BCUT2D eigenvalue weighted by molar-refractivity contribution is -0.124. The number of nitrogens with zero attached hydrogens (tertiary/aromatic N) is 2. The number of carbonyl (C=O) groups is 1. The third-order valence-corrected chi connectivity index (χ3v) is 4.37. The van der Waals surface area contributed by atoms with Gasteiger partial charge in [-0.25, -0.2) is 0 Å². The van der Waals surface area contributed by atoms with Gasteiger partial charge in [0.25, 0.3) is 0 Å². The topological polar surface area (TPSA) is 44.8 Å². The highest BCUT2D eigenvalue weighted by molar-refractivity contribution is 7.09. The average Bonchev–Trinajstić information content (AvgIpc) is 2.91. The van der Waals surface area contributed by atoms with E-state index in [-0.39, 0.29) is 12.0 Å². The number of amides is 1. The molecule has 0 unspecified atom stereocenters. The van der Waals surface area contributed by atoms with Crippen LogP contribution in [0.4, 0.5) is 0 Å². The van der Waals surface area contributed by atoms with Crippen molar-refractivity contribution >= 4 is 17.2 Å². The molecule has 0 radical (unpaired) electrons. The van der Waals surface area contributed by atoms with Crippen molar-refractivity contribution in [3.8, 4) is 0 Å². The smallest absolute Gasteiger partial charge is 0.234 e. The van der Waals surface area contributed by atoms with Crippen molar-refractivity contribution in [2.45, 2.75) is 12.5 Å². The SMILES string of the molecule is CN(C)C[C@@H]1CN(CC(=O)NCCc2cccs2)CCO1. The monoisotopic (exact) mass is 311 g/mol. The molecule has 118 valence electrons. The average molecular weight is 311 g/mol. The fourth-order valence-corrected chi connectivity index (χ4v) is 3.19. The minimum absolute atomic E-state index is 0.108. The molecule has 1 aliphatic rings. The normalized spacial score (nSPS) is 19.9. The second kappa shape index (κ2) is 8.48. The minimum atomic E-state index is 0.108. The Bertz CT molecular complexity index is 423. The van der Waals surface area contributed by atoms with Gasteiger partial charge in [0, 0.05) is 31.1 Å². The molecule has 1 aliphatic heterocycles. The number of carbonyl (C=O) groups excluding carboxylic acids is 1. The number of likely N-dealkylation sites (N-methyl/N-ethyl adjacent to an activating group) is 1. The number of thiophene rings is 1. The summed E-state index contributed by atoms with van der Waals surface area (Å²) in [5.74, 6) is 0.108. The van der Waals surface area contributed by atoms with Crippen molar-refractivity contribution in [2.75, 3.05) is 53.4 Å². The Balaban J connectivity index is 1.64. The van der Waals surface area contributed by atoms with Crippen molar-refractivity contribution in [2.24, 2.45) is 0 Å². The van der Waals surface area contributed by atoms with E-state index < -0.39 is 0 Å². The van der Waals surface area contributed by atoms with Gasteiger partial charge in [-0.2, -0.15) is 0 Å². The van der Waals surface area contributed by atoms with Gasteiger partial charge in [0.15, 0.2) is 0 Å². The summed E-state index contributed by atoms with van der Waals surface area (Å²) in [6, 6.07) is 4.14. The lowest BCUT2D eigenvalue weighted by atomic mass is 10.2. The predicted octanol–water partition coefficient (Wildman–Crippen LogP) is 0.669. The van der Waals surface area contributed by atoms with Crippen LogP contribution in [0.1, 0.15) is 4.88 Å². The summed E-state index contributed by atoms with van der Waals surface area (Å²) in [7, 11) is 4.08. The third kappa shape index (κ3) is 6.13. The number of nitrogens with one attached hydrogen (secondary N) is 1. The van der Waals surface area contributed by atoms with Crippen LogP contribution in [0.3, 0.4) is 0 Å². The lowest BCUT2D eigenvalue weighted by Gasteiger charge is -2.33. The fourth-order valence-electron chi connectivity index (χ4n) is 2.48. The van der Waals surface area contributed by atoms with Gasteiger partial charge in [0.2, 0.25) is 5.91 Å². The molecule has 0 bridgehead atoms. The maximum Gasteiger partial charge on any atom is 0.234 e. The second-order valence-electron chi connectivity index (χ2n) is 5.67. The van der Waals surface area contributed by atoms with E-state index in [2.05, 4.69) is 26.6 Å². The Labute approximate surface area is 130 Å². The molecule has 2 rings (SSSR count). The zero-order valence-electron chi connectivity index (χ0n) is 12.9. The van der Waals surface area contributed by atoms with Crippen LogP contribution in [0.15, 0.2) is 17.5 Å². The molecule has 1 N–H and O–H groups in total. The molecule has 5 nitrogen and oxygen atoms in total. The third-order valence-electron chi connectivity index (χ3n) is 3.43. The van der Waals surface area contributed by atoms with Gasteiger partial charge in [0.1, 0.15) is 0 Å². The first-order chi connectivity index (χ1) is 10.1. The molecule has 21 heavy (non-hydrogen) atoms. The summed E-state index contributed by atoms with van der Waals surface area (Å²) >= 11 is 1.73. The van der Waals surface area contributed by atoms with Gasteiger partial charge in [-0.05, 0) is 32.0 Å². The van der Waals surface area contributed by atoms with E-state index in [4.69, 9.17) is 4.74 Å². The molecular formula is C15H25N3O2S. The molecule has 0 saturated carbocycles. The number of morpholine rings is 1. The summed E-state index contributed by atoms with van der Waals surface area (Å²) in [4.78, 5) is 17.6. The molecule has 1 amide bonds. The summed E-state index contributed by atoms with van der Waals surface area (Å²) in [6.45, 7) is 4.46. The number of hydrogen-bond donors (Lipinski definition) is 1. The van der Waals surface area contributed by atoms with Crippen LogP contribution < -0.4 is 5.32 Å². The first-order valence-corrected chi connectivity index (χ1v) is 8.29.